The molecule has 5 heteroatoms. The Kier molecular flexibility index (Phi) is 6.58. The first-order valence-corrected chi connectivity index (χ1v) is 9.65. The van der Waals surface area contributed by atoms with Crippen molar-refractivity contribution in [1.29, 1.82) is 0 Å². The normalized spacial score (nSPS) is 18.6. The van der Waals surface area contributed by atoms with Crippen LogP contribution in [0.5, 0.6) is 0 Å². The molecule has 2 unspecified atom stereocenters. The second kappa shape index (κ2) is 9.11. The van der Waals surface area contributed by atoms with Crippen molar-refractivity contribution in [3.05, 3.63) is 66.0 Å². The van der Waals surface area contributed by atoms with Crippen LogP contribution < -0.4 is 5.32 Å². The minimum atomic E-state index is -0.346. The highest BCUT2D eigenvalue weighted by Crippen LogP contribution is 2.26. The third kappa shape index (κ3) is 5.15. The van der Waals surface area contributed by atoms with Crippen LogP contribution in [0.3, 0.4) is 0 Å². The molecule has 1 amide bonds. The zero-order valence-electron chi connectivity index (χ0n) is 16.1. The number of amides is 1. The molecule has 3 rings (SSSR count). The molecule has 1 saturated heterocycles. The SMILES string of the molecule is CCN(CC(=O)Nc1cccc(F)c1)C1CCN(C(C)c2ccccc2)C1. The first-order valence-electron chi connectivity index (χ1n) is 9.65. The van der Waals surface area contributed by atoms with Crippen LogP contribution in [-0.4, -0.2) is 47.9 Å². The number of nitrogens with zero attached hydrogens (tertiary/aromatic N) is 2. The molecule has 1 heterocycles. The minimum absolute atomic E-state index is 0.1000. The Bertz CT molecular complexity index is 752. The lowest BCUT2D eigenvalue weighted by atomic mass is 10.1. The van der Waals surface area contributed by atoms with Crippen LogP contribution in [-0.2, 0) is 4.79 Å². The number of halogens is 1. The predicted molar refractivity (Wildman–Crippen MR) is 107 cm³/mol. The Hall–Kier alpha value is -2.24. The number of carbonyl (C=O) groups excluding carboxylic acids is 1. The molecule has 2 aromatic rings. The van der Waals surface area contributed by atoms with Gasteiger partial charge in [-0.05, 0) is 43.7 Å². The third-order valence-corrected chi connectivity index (χ3v) is 5.40. The Morgan fingerprint density at radius 1 is 1.26 bits per heavy atom. The summed E-state index contributed by atoms with van der Waals surface area (Å²) in [6.45, 7) is 7.45. The molecule has 0 aliphatic carbocycles. The number of nitrogens with one attached hydrogen (secondary N) is 1. The second-order valence-corrected chi connectivity index (χ2v) is 7.15. The van der Waals surface area contributed by atoms with E-state index in [1.807, 2.05) is 6.07 Å². The van der Waals surface area contributed by atoms with Gasteiger partial charge in [0.15, 0.2) is 0 Å². The van der Waals surface area contributed by atoms with Crippen molar-refractivity contribution in [1.82, 2.24) is 9.80 Å². The number of hydrogen-bond donors (Lipinski definition) is 1. The van der Waals surface area contributed by atoms with Gasteiger partial charge in [0, 0.05) is 30.9 Å². The van der Waals surface area contributed by atoms with Gasteiger partial charge < -0.3 is 5.32 Å². The highest BCUT2D eigenvalue weighted by atomic mass is 19.1. The fraction of sp³-hybridized carbons (Fsp3) is 0.409. The maximum absolute atomic E-state index is 13.3. The summed E-state index contributed by atoms with van der Waals surface area (Å²) in [7, 11) is 0. The Labute approximate surface area is 161 Å². The summed E-state index contributed by atoms with van der Waals surface area (Å²) in [6.07, 6.45) is 1.05. The summed E-state index contributed by atoms with van der Waals surface area (Å²) in [4.78, 5) is 17.1. The van der Waals surface area contributed by atoms with Crippen molar-refractivity contribution in [3.8, 4) is 0 Å². The number of rotatable bonds is 7. The summed E-state index contributed by atoms with van der Waals surface area (Å²) in [6, 6.07) is 17.3. The number of anilines is 1. The van der Waals surface area contributed by atoms with Crippen molar-refractivity contribution >= 4 is 11.6 Å². The van der Waals surface area contributed by atoms with E-state index < -0.39 is 0 Å². The summed E-state index contributed by atoms with van der Waals surface area (Å²) in [5, 5.41) is 2.80. The van der Waals surface area contributed by atoms with Crippen LogP contribution in [0.15, 0.2) is 54.6 Å². The van der Waals surface area contributed by atoms with Crippen molar-refractivity contribution < 1.29 is 9.18 Å². The number of likely N-dealkylation sites (tertiary alicyclic amines) is 1. The molecular weight excluding hydrogens is 341 g/mol. The Morgan fingerprint density at radius 2 is 2.04 bits per heavy atom. The van der Waals surface area contributed by atoms with Gasteiger partial charge in [-0.3, -0.25) is 14.6 Å². The van der Waals surface area contributed by atoms with Crippen molar-refractivity contribution in [2.45, 2.75) is 32.4 Å². The zero-order valence-corrected chi connectivity index (χ0v) is 16.1. The van der Waals surface area contributed by atoms with Gasteiger partial charge in [0.05, 0.1) is 6.54 Å². The van der Waals surface area contributed by atoms with E-state index in [9.17, 15) is 9.18 Å². The molecular formula is C22H28FN3O. The molecule has 0 radical (unpaired) electrons. The van der Waals surface area contributed by atoms with Gasteiger partial charge in [-0.2, -0.15) is 0 Å². The fourth-order valence-electron chi connectivity index (χ4n) is 3.81. The average Bonchev–Trinajstić information content (AvgIpc) is 3.16. The highest BCUT2D eigenvalue weighted by molar-refractivity contribution is 5.92. The first kappa shape index (κ1) is 19.5. The topological polar surface area (TPSA) is 35.6 Å². The van der Waals surface area contributed by atoms with E-state index in [1.54, 1.807) is 12.1 Å². The summed E-state index contributed by atoms with van der Waals surface area (Å²) in [5.74, 6) is -0.446. The molecule has 144 valence electrons. The minimum Gasteiger partial charge on any atom is -0.325 e. The van der Waals surface area contributed by atoms with Gasteiger partial charge in [0.2, 0.25) is 5.91 Å². The number of likely N-dealkylation sites (N-methyl/N-ethyl adjacent to an activating group) is 1. The van der Waals surface area contributed by atoms with Crippen LogP contribution in [0, 0.1) is 5.82 Å². The predicted octanol–water partition coefficient (Wildman–Crippen LogP) is 3.92. The molecule has 1 fully saturated rings. The lowest BCUT2D eigenvalue weighted by Gasteiger charge is -2.29. The molecule has 1 N–H and O–H groups in total. The molecule has 2 atom stereocenters. The summed E-state index contributed by atoms with van der Waals surface area (Å²) >= 11 is 0. The van der Waals surface area contributed by atoms with Crippen molar-refractivity contribution in [2.24, 2.45) is 0 Å². The van der Waals surface area contributed by atoms with Crippen molar-refractivity contribution in [2.75, 3.05) is 31.5 Å². The van der Waals surface area contributed by atoms with E-state index in [0.717, 1.165) is 26.1 Å². The van der Waals surface area contributed by atoms with E-state index in [2.05, 4.69) is 53.2 Å². The summed E-state index contributed by atoms with van der Waals surface area (Å²) in [5.41, 5.74) is 1.83. The average molecular weight is 369 g/mol. The van der Waals surface area contributed by atoms with Gasteiger partial charge in [0.25, 0.3) is 0 Å². The molecule has 4 nitrogen and oxygen atoms in total. The smallest absolute Gasteiger partial charge is 0.238 e. The van der Waals surface area contributed by atoms with Crippen LogP contribution in [0.2, 0.25) is 0 Å². The van der Waals surface area contributed by atoms with E-state index >= 15 is 0 Å². The van der Waals surface area contributed by atoms with Crippen molar-refractivity contribution in [3.63, 3.8) is 0 Å². The van der Waals surface area contributed by atoms with Gasteiger partial charge in [0.1, 0.15) is 5.82 Å². The molecule has 1 aliphatic rings. The van der Waals surface area contributed by atoms with Crippen LogP contribution in [0.4, 0.5) is 10.1 Å². The third-order valence-electron chi connectivity index (χ3n) is 5.40. The van der Waals surface area contributed by atoms with Crippen LogP contribution >= 0.6 is 0 Å². The molecule has 0 bridgehead atoms. The van der Waals surface area contributed by atoms with E-state index in [1.165, 1.54) is 17.7 Å². The van der Waals surface area contributed by atoms with Gasteiger partial charge in [-0.15, -0.1) is 0 Å². The number of benzene rings is 2. The Balaban J connectivity index is 1.55. The maximum Gasteiger partial charge on any atom is 0.238 e. The molecule has 27 heavy (non-hydrogen) atoms. The first-order chi connectivity index (χ1) is 13.1. The lowest BCUT2D eigenvalue weighted by Crippen LogP contribution is -2.42. The molecule has 0 aromatic heterocycles. The monoisotopic (exact) mass is 369 g/mol. The zero-order chi connectivity index (χ0) is 19.2. The largest absolute Gasteiger partial charge is 0.325 e. The highest BCUT2D eigenvalue weighted by Gasteiger charge is 2.30. The van der Waals surface area contributed by atoms with Crippen LogP contribution in [0.25, 0.3) is 0 Å². The number of hydrogen-bond acceptors (Lipinski definition) is 3. The van der Waals surface area contributed by atoms with E-state index in [4.69, 9.17) is 0 Å². The molecule has 0 spiro atoms. The fourth-order valence-corrected chi connectivity index (χ4v) is 3.81. The molecule has 2 aromatic carbocycles. The van der Waals surface area contributed by atoms with Gasteiger partial charge in [-0.1, -0.05) is 43.3 Å². The second-order valence-electron chi connectivity index (χ2n) is 7.15. The standard InChI is InChI=1S/C22H28FN3O/c1-3-25(16-22(27)24-20-11-7-10-19(23)14-20)21-12-13-26(15-21)17(2)18-8-5-4-6-9-18/h4-11,14,17,21H,3,12-13,15-16H2,1-2H3,(H,24,27). The lowest BCUT2D eigenvalue weighted by molar-refractivity contribution is -0.117. The Morgan fingerprint density at radius 3 is 2.74 bits per heavy atom. The van der Waals surface area contributed by atoms with E-state index in [0.29, 0.717) is 24.3 Å². The van der Waals surface area contributed by atoms with Gasteiger partial charge in [-0.25, -0.2) is 4.39 Å². The van der Waals surface area contributed by atoms with Gasteiger partial charge >= 0.3 is 0 Å². The maximum atomic E-state index is 13.3. The molecule has 1 aliphatic heterocycles. The van der Waals surface area contributed by atoms with E-state index in [-0.39, 0.29) is 11.7 Å². The number of carbonyl (C=O) groups is 1. The molecule has 0 saturated carbocycles. The quantitative estimate of drug-likeness (QED) is 0.803. The van der Waals surface area contributed by atoms with Crippen LogP contribution in [0.1, 0.15) is 31.9 Å². The summed E-state index contributed by atoms with van der Waals surface area (Å²) < 4.78 is 13.3.